The van der Waals surface area contributed by atoms with Gasteiger partial charge in [-0.15, -0.1) is 0 Å². The lowest BCUT2D eigenvalue weighted by atomic mass is 9.81. The summed E-state index contributed by atoms with van der Waals surface area (Å²) in [6.45, 7) is 4.16. The van der Waals surface area contributed by atoms with E-state index in [-0.39, 0.29) is 0 Å². The molecule has 1 amide bonds. The zero-order valence-corrected chi connectivity index (χ0v) is 17.5. The molecule has 2 aliphatic rings. The molecule has 158 valence electrons. The minimum absolute atomic E-state index is 0.414. The third kappa shape index (κ3) is 3.86. The highest BCUT2D eigenvalue weighted by Crippen LogP contribution is 2.56. The molecule has 5 heteroatoms. The summed E-state index contributed by atoms with van der Waals surface area (Å²) in [7, 11) is 0. The van der Waals surface area contributed by atoms with Crippen molar-refractivity contribution in [2.75, 3.05) is 6.54 Å². The van der Waals surface area contributed by atoms with E-state index in [0.29, 0.717) is 18.9 Å². The number of amides is 1. The summed E-state index contributed by atoms with van der Waals surface area (Å²) >= 11 is 0. The number of rotatable bonds is 9. The highest BCUT2D eigenvalue weighted by atomic mass is 16.4. The number of hydrogen-bond acceptors (Lipinski definition) is 3. The van der Waals surface area contributed by atoms with E-state index in [0.717, 1.165) is 37.9 Å². The van der Waals surface area contributed by atoms with E-state index in [1.165, 1.54) is 16.7 Å². The first-order valence-corrected chi connectivity index (χ1v) is 10.9. The van der Waals surface area contributed by atoms with Crippen molar-refractivity contribution in [2.24, 2.45) is 11.1 Å². The maximum absolute atomic E-state index is 12.2. The molecular weight excluding hydrogens is 376 g/mol. The zero-order chi connectivity index (χ0) is 21.3. The van der Waals surface area contributed by atoms with Gasteiger partial charge in [0.1, 0.15) is 0 Å². The number of carbonyl (C=O) groups excluding carboxylic acids is 1. The molecule has 2 aliphatic carbocycles. The lowest BCUT2D eigenvalue weighted by Gasteiger charge is -2.28. The Morgan fingerprint density at radius 3 is 2.43 bits per heavy atom. The first-order chi connectivity index (χ1) is 14.4. The van der Waals surface area contributed by atoms with Gasteiger partial charge in [-0.1, -0.05) is 55.5 Å². The number of nitrogens with two attached hydrogens (primary N) is 1. The Hall–Kier alpha value is -2.66. The fraction of sp³-hybridized carbons (Fsp3) is 0.440. The monoisotopic (exact) mass is 406 g/mol. The van der Waals surface area contributed by atoms with Crippen LogP contribution in [0.5, 0.6) is 0 Å². The lowest BCUT2D eigenvalue weighted by Crippen LogP contribution is -2.36. The van der Waals surface area contributed by atoms with Crippen LogP contribution >= 0.6 is 0 Å². The Kier molecular flexibility index (Phi) is 5.65. The number of aliphatic carboxylic acids is 1. The fourth-order valence-corrected chi connectivity index (χ4v) is 5.06. The van der Waals surface area contributed by atoms with Gasteiger partial charge in [0.2, 0.25) is 5.91 Å². The molecule has 0 aliphatic heterocycles. The Morgan fingerprint density at radius 2 is 1.83 bits per heavy atom. The van der Waals surface area contributed by atoms with Crippen LogP contribution in [0, 0.1) is 5.41 Å². The second-order valence-electron chi connectivity index (χ2n) is 8.84. The molecule has 2 aromatic carbocycles. The van der Waals surface area contributed by atoms with E-state index in [9.17, 15) is 14.7 Å². The van der Waals surface area contributed by atoms with Crippen molar-refractivity contribution < 1.29 is 14.7 Å². The summed E-state index contributed by atoms with van der Waals surface area (Å²) in [5.74, 6) is -2.21. The van der Waals surface area contributed by atoms with Crippen LogP contribution in [0.3, 0.4) is 0 Å². The predicted octanol–water partition coefficient (Wildman–Crippen LogP) is 3.50. The third-order valence-electron chi connectivity index (χ3n) is 6.78. The average Bonchev–Trinajstić information content (AvgIpc) is 3.40. The van der Waals surface area contributed by atoms with Crippen molar-refractivity contribution >= 4 is 11.9 Å². The van der Waals surface area contributed by atoms with Gasteiger partial charge in [0.05, 0.1) is 11.3 Å². The van der Waals surface area contributed by atoms with Crippen LogP contribution in [0.15, 0.2) is 48.5 Å². The molecule has 2 atom stereocenters. The molecule has 4 rings (SSSR count). The smallest absolute Gasteiger partial charge is 0.310 e. The summed E-state index contributed by atoms with van der Waals surface area (Å²) in [5.41, 5.74) is 9.24. The molecule has 3 N–H and O–H groups in total. The number of primary amides is 1. The van der Waals surface area contributed by atoms with Crippen molar-refractivity contribution in [1.29, 1.82) is 0 Å². The van der Waals surface area contributed by atoms with Gasteiger partial charge in [0, 0.05) is 12.6 Å². The zero-order valence-electron chi connectivity index (χ0n) is 17.5. The summed E-state index contributed by atoms with van der Waals surface area (Å²) in [6.07, 6.45) is 4.01. The quantitative estimate of drug-likeness (QED) is 0.668. The molecule has 2 aromatic rings. The second kappa shape index (κ2) is 8.23. The van der Waals surface area contributed by atoms with Crippen molar-refractivity contribution in [3.05, 3.63) is 70.8 Å². The van der Waals surface area contributed by atoms with Crippen LogP contribution in [0.25, 0.3) is 0 Å². The van der Waals surface area contributed by atoms with Crippen molar-refractivity contribution in [3.63, 3.8) is 0 Å². The number of benzene rings is 2. The van der Waals surface area contributed by atoms with Gasteiger partial charge in [0.25, 0.3) is 0 Å². The Balaban J connectivity index is 1.55. The minimum Gasteiger partial charge on any atom is -0.481 e. The molecule has 30 heavy (non-hydrogen) atoms. The number of nitrogens with zero attached hydrogens (tertiary/aromatic N) is 1. The standard InChI is InChI=1S/C25H30N2O3/c1-2-12-27(16-17-6-4-3-5-7-17)21-14-18-8-9-19(13-20(18)15-21)22(23(26)28)25(10-11-25)24(29)30/h3-9,13,21-22H,2,10-12,14-16H2,1H3,(H2,26,28)(H,29,30). The van der Waals surface area contributed by atoms with Crippen LogP contribution in [0.1, 0.15) is 54.4 Å². The normalized spacial score (nSPS) is 20.0. The van der Waals surface area contributed by atoms with E-state index >= 15 is 0 Å². The minimum atomic E-state index is -1.01. The van der Waals surface area contributed by atoms with Gasteiger partial charge in [0.15, 0.2) is 0 Å². The van der Waals surface area contributed by atoms with Crippen LogP contribution in [0.4, 0.5) is 0 Å². The Labute approximate surface area is 177 Å². The van der Waals surface area contributed by atoms with Gasteiger partial charge in [-0.05, 0) is 60.9 Å². The predicted molar refractivity (Wildman–Crippen MR) is 116 cm³/mol. The van der Waals surface area contributed by atoms with E-state index in [1.54, 1.807) is 0 Å². The highest BCUT2D eigenvalue weighted by molar-refractivity contribution is 5.92. The summed E-state index contributed by atoms with van der Waals surface area (Å²) < 4.78 is 0. The molecule has 1 fully saturated rings. The van der Waals surface area contributed by atoms with E-state index in [1.807, 2.05) is 18.2 Å². The Bertz CT molecular complexity index is 937. The maximum Gasteiger partial charge on any atom is 0.310 e. The van der Waals surface area contributed by atoms with Gasteiger partial charge in [-0.3, -0.25) is 14.5 Å². The average molecular weight is 407 g/mol. The van der Waals surface area contributed by atoms with Crippen molar-refractivity contribution in [2.45, 2.75) is 57.5 Å². The van der Waals surface area contributed by atoms with Crippen molar-refractivity contribution in [1.82, 2.24) is 4.90 Å². The fourth-order valence-electron chi connectivity index (χ4n) is 5.06. The SMILES string of the molecule is CCCN(Cc1ccccc1)C1Cc2ccc(C(C(N)=O)C3(C(=O)O)CC3)cc2C1. The van der Waals surface area contributed by atoms with Gasteiger partial charge >= 0.3 is 5.97 Å². The maximum atomic E-state index is 12.2. The van der Waals surface area contributed by atoms with Crippen LogP contribution in [-0.4, -0.2) is 34.5 Å². The molecule has 2 unspecified atom stereocenters. The molecule has 0 aromatic heterocycles. The Morgan fingerprint density at radius 1 is 1.13 bits per heavy atom. The van der Waals surface area contributed by atoms with Gasteiger partial charge in [-0.2, -0.15) is 0 Å². The molecule has 5 nitrogen and oxygen atoms in total. The largest absolute Gasteiger partial charge is 0.481 e. The van der Waals surface area contributed by atoms with E-state index in [4.69, 9.17) is 5.73 Å². The van der Waals surface area contributed by atoms with Crippen LogP contribution in [0.2, 0.25) is 0 Å². The summed E-state index contributed by atoms with van der Waals surface area (Å²) in [5, 5.41) is 9.68. The van der Waals surface area contributed by atoms with Gasteiger partial charge in [-0.25, -0.2) is 0 Å². The molecule has 0 bridgehead atoms. The first-order valence-electron chi connectivity index (χ1n) is 10.9. The second-order valence-corrected chi connectivity index (χ2v) is 8.84. The number of carboxylic acids is 1. The molecule has 0 spiro atoms. The van der Waals surface area contributed by atoms with Crippen LogP contribution in [-0.2, 0) is 29.0 Å². The lowest BCUT2D eigenvalue weighted by molar-refractivity contribution is -0.146. The number of carboxylic acid groups (broad SMARTS) is 1. The van der Waals surface area contributed by atoms with Crippen molar-refractivity contribution in [3.8, 4) is 0 Å². The third-order valence-corrected chi connectivity index (χ3v) is 6.78. The number of carbonyl (C=O) groups is 2. The topological polar surface area (TPSA) is 83.6 Å². The van der Waals surface area contributed by atoms with E-state index in [2.05, 4.69) is 42.2 Å². The summed E-state index contributed by atoms with van der Waals surface area (Å²) in [6, 6.07) is 17.0. The highest BCUT2D eigenvalue weighted by Gasteiger charge is 2.58. The number of hydrogen-bond donors (Lipinski definition) is 2. The molecular formula is C25H30N2O3. The molecule has 1 saturated carbocycles. The molecule has 0 radical (unpaired) electrons. The molecule has 0 saturated heterocycles. The van der Waals surface area contributed by atoms with Crippen LogP contribution < -0.4 is 5.73 Å². The number of fused-ring (bicyclic) bond motifs is 1. The first kappa shape index (κ1) is 20.6. The van der Waals surface area contributed by atoms with Gasteiger partial charge < -0.3 is 10.8 Å². The molecule has 0 heterocycles. The van der Waals surface area contributed by atoms with E-state index < -0.39 is 23.2 Å². The summed E-state index contributed by atoms with van der Waals surface area (Å²) in [4.78, 5) is 26.6.